The smallest absolute Gasteiger partial charge is 0.0498 e. The van der Waals surface area contributed by atoms with Gasteiger partial charge in [-0.2, -0.15) is 0 Å². The van der Waals surface area contributed by atoms with E-state index in [1.54, 1.807) is 5.92 Å². The zero-order valence-electron chi connectivity index (χ0n) is 7.59. The van der Waals surface area contributed by atoms with E-state index in [4.69, 9.17) is 0 Å². The van der Waals surface area contributed by atoms with Gasteiger partial charge in [0.2, 0.25) is 0 Å². The van der Waals surface area contributed by atoms with Crippen LogP contribution in [0.4, 0.5) is 0 Å². The third-order valence-electron chi connectivity index (χ3n) is 2.60. The first-order chi connectivity index (χ1) is 5.92. The van der Waals surface area contributed by atoms with Crippen molar-refractivity contribution in [3.05, 3.63) is 41.8 Å². The van der Waals surface area contributed by atoms with Crippen molar-refractivity contribution < 1.29 is 0 Å². The molecule has 2 rings (SSSR count). The van der Waals surface area contributed by atoms with Gasteiger partial charge in [0.25, 0.3) is 0 Å². The van der Waals surface area contributed by atoms with Crippen LogP contribution in [0.2, 0.25) is 0 Å². The average molecular weight is 159 g/mol. The molecule has 1 aliphatic carbocycles. The number of hydrogen-bond acceptors (Lipinski definition) is 0. The van der Waals surface area contributed by atoms with Gasteiger partial charge in [0.05, 0.1) is 0 Å². The summed E-state index contributed by atoms with van der Waals surface area (Å²) in [5.41, 5.74) is 1.46. The highest BCUT2D eigenvalue weighted by molar-refractivity contribution is 5.33. The monoisotopic (exact) mass is 159 g/mol. The van der Waals surface area contributed by atoms with Crippen LogP contribution in [-0.4, -0.2) is 0 Å². The second-order valence-electron chi connectivity index (χ2n) is 3.52. The summed E-state index contributed by atoms with van der Waals surface area (Å²) in [4.78, 5) is 0. The standard InChI is InChI=1S/C12H15/c1-2-12(11-8-9-11)10-6-4-3-5-7-10/h3-7,11H,2,8-9H2,1H3/q+1. The minimum absolute atomic E-state index is 0.914. The van der Waals surface area contributed by atoms with Gasteiger partial charge < -0.3 is 0 Å². The first-order valence-electron chi connectivity index (χ1n) is 4.83. The van der Waals surface area contributed by atoms with Gasteiger partial charge in [0.1, 0.15) is 5.56 Å². The highest BCUT2D eigenvalue weighted by Gasteiger charge is 2.36. The summed E-state index contributed by atoms with van der Waals surface area (Å²) in [6, 6.07) is 10.8. The molecule has 0 spiro atoms. The molecule has 0 nitrogen and oxygen atoms in total. The van der Waals surface area contributed by atoms with Crippen LogP contribution < -0.4 is 0 Å². The van der Waals surface area contributed by atoms with E-state index < -0.39 is 0 Å². The zero-order valence-corrected chi connectivity index (χ0v) is 7.59. The van der Waals surface area contributed by atoms with Gasteiger partial charge in [-0.3, -0.25) is 0 Å². The molecule has 1 fully saturated rings. The molecule has 0 heterocycles. The fourth-order valence-electron chi connectivity index (χ4n) is 1.81. The van der Waals surface area contributed by atoms with Crippen molar-refractivity contribution in [1.29, 1.82) is 0 Å². The molecule has 0 unspecified atom stereocenters. The maximum absolute atomic E-state index is 2.26. The summed E-state index contributed by atoms with van der Waals surface area (Å²) in [5, 5.41) is 0. The van der Waals surface area contributed by atoms with Crippen LogP contribution in [0.3, 0.4) is 0 Å². The molecular formula is C12H15+. The van der Waals surface area contributed by atoms with Crippen LogP contribution in [0.15, 0.2) is 30.3 Å². The molecule has 0 heteroatoms. The van der Waals surface area contributed by atoms with Crippen molar-refractivity contribution in [3.8, 4) is 0 Å². The van der Waals surface area contributed by atoms with E-state index >= 15 is 0 Å². The molecule has 0 amide bonds. The van der Waals surface area contributed by atoms with Crippen molar-refractivity contribution in [3.63, 3.8) is 0 Å². The SMILES string of the molecule is CC[C+](c1ccccc1)C1CC1. The van der Waals surface area contributed by atoms with Crippen LogP contribution in [0.1, 0.15) is 31.7 Å². The van der Waals surface area contributed by atoms with Gasteiger partial charge in [0, 0.05) is 30.4 Å². The van der Waals surface area contributed by atoms with Gasteiger partial charge in [-0.15, -0.1) is 0 Å². The topological polar surface area (TPSA) is 0 Å². The highest BCUT2D eigenvalue weighted by atomic mass is 14.3. The Morgan fingerprint density at radius 3 is 2.42 bits per heavy atom. The first kappa shape index (κ1) is 7.72. The zero-order chi connectivity index (χ0) is 8.39. The lowest BCUT2D eigenvalue weighted by molar-refractivity contribution is 0.789. The molecule has 0 N–H and O–H groups in total. The Kier molecular flexibility index (Phi) is 2.07. The molecule has 0 bridgehead atoms. The largest absolute Gasteiger partial charge is 0.132 e. The fourth-order valence-corrected chi connectivity index (χ4v) is 1.81. The Hall–Kier alpha value is -0.910. The average Bonchev–Trinajstić information content (AvgIpc) is 2.92. The molecule has 0 saturated heterocycles. The lowest BCUT2D eigenvalue weighted by atomic mass is 9.92. The molecule has 1 aromatic carbocycles. The first-order valence-corrected chi connectivity index (χ1v) is 4.83. The Balaban J connectivity index is 2.15. The van der Waals surface area contributed by atoms with Gasteiger partial charge in [0.15, 0.2) is 0 Å². The van der Waals surface area contributed by atoms with E-state index in [1.807, 2.05) is 0 Å². The molecule has 62 valence electrons. The summed E-state index contributed by atoms with van der Waals surface area (Å²) in [6.45, 7) is 2.26. The minimum atomic E-state index is 0.914. The summed E-state index contributed by atoms with van der Waals surface area (Å²) in [5.74, 6) is 2.58. The van der Waals surface area contributed by atoms with E-state index in [0.29, 0.717) is 0 Å². The lowest BCUT2D eigenvalue weighted by Crippen LogP contribution is -1.99. The number of benzene rings is 1. The molecule has 0 atom stereocenters. The van der Waals surface area contributed by atoms with Crippen molar-refractivity contribution in [2.24, 2.45) is 5.92 Å². The summed E-state index contributed by atoms with van der Waals surface area (Å²) < 4.78 is 0. The lowest BCUT2D eigenvalue weighted by Gasteiger charge is -2.05. The molecule has 1 saturated carbocycles. The van der Waals surface area contributed by atoms with Gasteiger partial charge in [-0.05, 0) is 38.0 Å². The molecular weight excluding hydrogens is 144 g/mol. The maximum Gasteiger partial charge on any atom is 0.132 e. The van der Waals surface area contributed by atoms with Crippen LogP contribution in [0.5, 0.6) is 0 Å². The normalized spacial score (nSPS) is 16.1. The second-order valence-corrected chi connectivity index (χ2v) is 3.52. The third kappa shape index (κ3) is 1.47. The summed E-state index contributed by atoms with van der Waals surface area (Å²) >= 11 is 0. The third-order valence-corrected chi connectivity index (χ3v) is 2.60. The van der Waals surface area contributed by atoms with Crippen molar-refractivity contribution in [2.75, 3.05) is 0 Å². The quantitative estimate of drug-likeness (QED) is 0.593. The van der Waals surface area contributed by atoms with E-state index in [2.05, 4.69) is 37.3 Å². The highest BCUT2D eigenvalue weighted by Crippen LogP contribution is 2.43. The van der Waals surface area contributed by atoms with Gasteiger partial charge in [-0.25, -0.2) is 0 Å². The van der Waals surface area contributed by atoms with Gasteiger partial charge >= 0.3 is 0 Å². The van der Waals surface area contributed by atoms with Crippen LogP contribution in [0, 0.1) is 11.8 Å². The summed E-state index contributed by atoms with van der Waals surface area (Å²) in [6.07, 6.45) is 4.05. The Bertz CT molecular complexity index is 233. The maximum atomic E-state index is 2.26. The van der Waals surface area contributed by atoms with Crippen molar-refractivity contribution in [2.45, 2.75) is 26.2 Å². The Morgan fingerprint density at radius 2 is 1.92 bits per heavy atom. The fraction of sp³-hybridized carbons (Fsp3) is 0.417. The Labute approximate surface area is 74.6 Å². The molecule has 0 aliphatic heterocycles. The predicted octanol–water partition coefficient (Wildman–Crippen LogP) is 3.43. The molecule has 0 aromatic heterocycles. The molecule has 1 aliphatic rings. The van der Waals surface area contributed by atoms with Gasteiger partial charge in [-0.1, -0.05) is 0 Å². The predicted molar refractivity (Wildman–Crippen MR) is 51.8 cm³/mol. The van der Waals surface area contributed by atoms with E-state index in [1.165, 1.54) is 24.8 Å². The van der Waals surface area contributed by atoms with Crippen molar-refractivity contribution >= 4 is 0 Å². The van der Waals surface area contributed by atoms with E-state index in [0.717, 1.165) is 5.92 Å². The molecule has 1 aromatic rings. The van der Waals surface area contributed by atoms with Crippen LogP contribution in [0.25, 0.3) is 0 Å². The minimum Gasteiger partial charge on any atom is -0.0498 e. The second kappa shape index (κ2) is 3.22. The Morgan fingerprint density at radius 1 is 1.25 bits per heavy atom. The van der Waals surface area contributed by atoms with E-state index in [9.17, 15) is 0 Å². The number of hydrogen-bond donors (Lipinski definition) is 0. The number of rotatable bonds is 3. The van der Waals surface area contributed by atoms with Crippen LogP contribution >= 0.6 is 0 Å². The van der Waals surface area contributed by atoms with Crippen LogP contribution in [-0.2, 0) is 0 Å². The summed E-state index contributed by atoms with van der Waals surface area (Å²) in [7, 11) is 0. The molecule has 12 heavy (non-hydrogen) atoms. The van der Waals surface area contributed by atoms with E-state index in [-0.39, 0.29) is 0 Å². The van der Waals surface area contributed by atoms with Crippen molar-refractivity contribution in [1.82, 2.24) is 0 Å². The molecule has 0 radical (unpaired) electrons.